The van der Waals surface area contributed by atoms with Gasteiger partial charge < -0.3 is 15.1 Å². The molecule has 1 aromatic rings. The minimum absolute atomic E-state index is 0.0594. The van der Waals surface area contributed by atoms with Gasteiger partial charge in [0.25, 0.3) is 0 Å². The van der Waals surface area contributed by atoms with E-state index in [0.717, 1.165) is 25.6 Å². The van der Waals surface area contributed by atoms with Crippen LogP contribution in [0.2, 0.25) is 0 Å². The van der Waals surface area contributed by atoms with Crippen LogP contribution in [0, 0.1) is 5.92 Å². The van der Waals surface area contributed by atoms with Crippen LogP contribution in [0.1, 0.15) is 50.6 Å². The van der Waals surface area contributed by atoms with E-state index in [0.29, 0.717) is 6.04 Å². The van der Waals surface area contributed by atoms with Crippen molar-refractivity contribution in [1.82, 2.24) is 10.2 Å². The number of rotatable bonds is 3. The first-order valence-electron chi connectivity index (χ1n) is 9.13. The van der Waals surface area contributed by atoms with Crippen LogP contribution in [0.15, 0.2) is 24.3 Å². The van der Waals surface area contributed by atoms with Crippen molar-refractivity contribution >= 4 is 11.7 Å². The lowest BCUT2D eigenvalue weighted by Crippen LogP contribution is -2.45. The van der Waals surface area contributed by atoms with E-state index in [1.165, 1.54) is 43.4 Å². The number of anilines is 1. The van der Waals surface area contributed by atoms with Gasteiger partial charge in [-0.1, -0.05) is 12.1 Å². The minimum Gasteiger partial charge on any atom is -0.372 e. The first-order valence-corrected chi connectivity index (χ1v) is 9.13. The highest BCUT2D eigenvalue weighted by Gasteiger charge is 2.40. The van der Waals surface area contributed by atoms with Crippen molar-refractivity contribution in [3.63, 3.8) is 0 Å². The van der Waals surface area contributed by atoms with Crippen LogP contribution in [0.3, 0.4) is 0 Å². The average Bonchev–Trinajstić information content (AvgIpc) is 3.32. The number of piperidine rings is 1. The summed E-state index contributed by atoms with van der Waals surface area (Å²) in [7, 11) is 0. The summed E-state index contributed by atoms with van der Waals surface area (Å²) < 4.78 is 0. The van der Waals surface area contributed by atoms with E-state index in [-0.39, 0.29) is 12.1 Å². The predicted octanol–water partition coefficient (Wildman–Crippen LogP) is 3.54. The van der Waals surface area contributed by atoms with Gasteiger partial charge in [0.2, 0.25) is 0 Å². The lowest BCUT2D eigenvalue weighted by atomic mass is 10.1. The third kappa shape index (κ3) is 2.91. The molecule has 2 saturated heterocycles. The Labute approximate surface area is 138 Å². The normalized spacial score (nSPS) is 27.5. The number of likely N-dealkylation sites (tertiary alicyclic amines) is 1. The van der Waals surface area contributed by atoms with Crippen LogP contribution in [0.25, 0.3) is 0 Å². The Morgan fingerprint density at radius 2 is 2.09 bits per heavy atom. The molecule has 1 saturated carbocycles. The molecule has 2 bridgehead atoms. The summed E-state index contributed by atoms with van der Waals surface area (Å²) in [5, 5.41) is 3.21. The fourth-order valence-electron chi connectivity index (χ4n) is 4.49. The van der Waals surface area contributed by atoms with Gasteiger partial charge in [-0.25, -0.2) is 4.79 Å². The maximum absolute atomic E-state index is 12.6. The number of nitrogens with one attached hydrogen (secondary N) is 1. The number of urea groups is 1. The average molecular weight is 313 g/mol. The van der Waals surface area contributed by atoms with Gasteiger partial charge in [0.1, 0.15) is 0 Å². The quantitative estimate of drug-likeness (QED) is 0.926. The van der Waals surface area contributed by atoms with Crippen LogP contribution in [0.4, 0.5) is 10.5 Å². The van der Waals surface area contributed by atoms with Gasteiger partial charge >= 0.3 is 6.03 Å². The lowest BCUT2D eigenvalue weighted by molar-refractivity contribution is 0.178. The van der Waals surface area contributed by atoms with E-state index in [4.69, 9.17) is 0 Å². The van der Waals surface area contributed by atoms with Crippen LogP contribution in [-0.4, -0.2) is 36.6 Å². The number of hydrogen-bond donors (Lipinski definition) is 1. The Kier molecular flexibility index (Phi) is 3.92. The number of benzene rings is 1. The van der Waals surface area contributed by atoms with Gasteiger partial charge in [-0.2, -0.15) is 0 Å². The summed E-state index contributed by atoms with van der Waals surface area (Å²) >= 11 is 0. The first kappa shape index (κ1) is 14.9. The largest absolute Gasteiger partial charge is 0.372 e. The molecule has 4 rings (SSSR count). The standard InChI is InChI=1S/C19H27N3O/c1-14(20-19(23)22-13-15-7-8-18(22)11-15)16-5-4-6-17(12-16)21-9-2-3-10-21/h4-6,12,14-15,18H,2-3,7-11,13H2,1H3,(H,20,23). The maximum atomic E-state index is 12.6. The third-order valence-corrected chi connectivity index (χ3v) is 5.85. The Hall–Kier alpha value is -1.71. The van der Waals surface area contributed by atoms with Crippen molar-refractivity contribution in [2.75, 3.05) is 24.5 Å². The summed E-state index contributed by atoms with van der Waals surface area (Å²) in [6, 6.07) is 9.34. The molecule has 1 N–H and O–H groups in total. The molecule has 0 radical (unpaired) electrons. The van der Waals surface area contributed by atoms with E-state index in [1.807, 2.05) is 0 Å². The molecule has 2 amide bonds. The summed E-state index contributed by atoms with van der Waals surface area (Å²) in [4.78, 5) is 17.1. The van der Waals surface area contributed by atoms with Crippen molar-refractivity contribution in [1.29, 1.82) is 0 Å². The van der Waals surface area contributed by atoms with Gasteiger partial charge in [-0.3, -0.25) is 0 Å². The second-order valence-corrected chi connectivity index (χ2v) is 7.45. The van der Waals surface area contributed by atoms with E-state index >= 15 is 0 Å². The highest BCUT2D eigenvalue weighted by Crippen LogP contribution is 2.37. The number of carbonyl (C=O) groups is 1. The van der Waals surface area contributed by atoms with Crippen molar-refractivity contribution in [2.45, 2.75) is 51.1 Å². The first-order chi connectivity index (χ1) is 11.2. The van der Waals surface area contributed by atoms with Gasteiger partial charge in [0, 0.05) is 31.4 Å². The molecule has 3 fully saturated rings. The van der Waals surface area contributed by atoms with Crippen molar-refractivity contribution in [2.24, 2.45) is 5.92 Å². The highest BCUT2D eigenvalue weighted by atomic mass is 16.2. The van der Waals surface area contributed by atoms with Gasteiger partial charge in [0.05, 0.1) is 6.04 Å². The smallest absolute Gasteiger partial charge is 0.318 e. The molecule has 1 aliphatic carbocycles. The predicted molar refractivity (Wildman–Crippen MR) is 92.7 cm³/mol. The molecule has 1 aromatic carbocycles. The van der Waals surface area contributed by atoms with Crippen LogP contribution in [-0.2, 0) is 0 Å². The maximum Gasteiger partial charge on any atom is 0.318 e. The molecule has 4 nitrogen and oxygen atoms in total. The molecule has 0 spiro atoms. The minimum atomic E-state index is 0.0594. The second kappa shape index (κ2) is 6.06. The Morgan fingerprint density at radius 1 is 1.26 bits per heavy atom. The van der Waals surface area contributed by atoms with Crippen LogP contribution >= 0.6 is 0 Å². The SMILES string of the molecule is CC(NC(=O)N1CC2CCC1C2)c1cccc(N2CCCC2)c1. The lowest BCUT2D eigenvalue weighted by Gasteiger charge is -2.29. The summed E-state index contributed by atoms with van der Waals surface area (Å²) in [6.45, 7) is 5.36. The number of nitrogens with zero attached hydrogens (tertiary/aromatic N) is 2. The van der Waals surface area contributed by atoms with Gasteiger partial charge in [-0.15, -0.1) is 0 Å². The van der Waals surface area contributed by atoms with Gasteiger partial charge in [-0.05, 0) is 62.6 Å². The second-order valence-electron chi connectivity index (χ2n) is 7.45. The van der Waals surface area contributed by atoms with Crippen molar-refractivity contribution < 1.29 is 4.79 Å². The van der Waals surface area contributed by atoms with Crippen molar-refractivity contribution in [3.05, 3.63) is 29.8 Å². The monoisotopic (exact) mass is 313 g/mol. The van der Waals surface area contributed by atoms with Crippen LogP contribution < -0.4 is 10.2 Å². The molecule has 3 aliphatic rings. The molecule has 0 aromatic heterocycles. The number of fused-ring (bicyclic) bond motifs is 2. The molecular weight excluding hydrogens is 286 g/mol. The molecule has 2 aliphatic heterocycles. The molecular formula is C19H27N3O. The molecule has 23 heavy (non-hydrogen) atoms. The van der Waals surface area contributed by atoms with E-state index in [2.05, 4.69) is 46.3 Å². The zero-order valence-electron chi connectivity index (χ0n) is 14.0. The van der Waals surface area contributed by atoms with E-state index in [9.17, 15) is 4.79 Å². The molecule has 3 atom stereocenters. The zero-order chi connectivity index (χ0) is 15.8. The Bertz CT molecular complexity index is 582. The Morgan fingerprint density at radius 3 is 2.78 bits per heavy atom. The topological polar surface area (TPSA) is 35.6 Å². The van der Waals surface area contributed by atoms with E-state index < -0.39 is 0 Å². The van der Waals surface area contributed by atoms with Gasteiger partial charge in [0.15, 0.2) is 0 Å². The number of amides is 2. The Balaban J connectivity index is 1.41. The summed E-state index contributed by atoms with van der Waals surface area (Å²) in [5.41, 5.74) is 2.49. The molecule has 3 unspecified atom stereocenters. The fourth-order valence-corrected chi connectivity index (χ4v) is 4.49. The van der Waals surface area contributed by atoms with E-state index in [1.54, 1.807) is 0 Å². The summed E-state index contributed by atoms with van der Waals surface area (Å²) in [5.74, 6) is 0.750. The zero-order valence-corrected chi connectivity index (χ0v) is 14.0. The number of hydrogen-bond acceptors (Lipinski definition) is 2. The molecule has 2 heterocycles. The highest BCUT2D eigenvalue weighted by molar-refractivity contribution is 5.75. The third-order valence-electron chi connectivity index (χ3n) is 5.85. The molecule has 4 heteroatoms. The molecule has 124 valence electrons. The van der Waals surface area contributed by atoms with Crippen molar-refractivity contribution in [3.8, 4) is 0 Å². The number of carbonyl (C=O) groups excluding carboxylic acids is 1. The fraction of sp³-hybridized carbons (Fsp3) is 0.632. The summed E-state index contributed by atoms with van der Waals surface area (Å²) in [6.07, 6.45) is 6.28. The van der Waals surface area contributed by atoms with Crippen LogP contribution in [0.5, 0.6) is 0 Å².